The van der Waals surface area contributed by atoms with Crippen LogP contribution < -0.4 is 0 Å². The summed E-state index contributed by atoms with van der Waals surface area (Å²) in [4.78, 5) is 19.0. The lowest BCUT2D eigenvalue weighted by Crippen LogP contribution is -2.43. The fourth-order valence-electron chi connectivity index (χ4n) is 3.08. The standard InChI is InChI=1S/C19H21N3O3/c1-13(14-7-8-14)11-17(23)22-9-10-24-12-16(22)18-20-19(25-21-18)15-5-3-2-4-6-15/h2-6,11,14,16H,7-10,12H2,1H3. The Morgan fingerprint density at radius 3 is 2.84 bits per heavy atom. The summed E-state index contributed by atoms with van der Waals surface area (Å²) in [6.07, 6.45) is 4.13. The van der Waals surface area contributed by atoms with Gasteiger partial charge in [0.1, 0.15) is 6.04 Å². The van der Waals surface area contributed by atoms with Crippen molar-refractivity contribution < 1.29 is 14.1 Å². The number of allylic oxidation sites excluding steroid dienone is 1. The van der Waals surface area contributed by atoms with Gasteiger partial charge in [0.05, 0.1) is 13.2 Å². The van der Waals surface area contributed by atoms with Crippen LogP contribution in [0, 0.1) is 5.92 Å². The highest BCUT2D eigenvalue weighted by molar-refractivity contribution is 5.88. The van der Waals surface area contributed by atoms with E-state index in [4.69, 9.17) is 9.26 Å². The van der Waals surface area contributed by atoms with E-state index in [-0.39, 0.29) is 11.9 Å². The number of morpholine rings is 1. The summed E-state index contributed by atoms with van der Waals surface area (Å²) >= 11 is 0. The van der Waals surface area contributed by atoms with E-state index in [1.165, 1.54) is 12.8 Å². The van der Waals surface area contributed by atoms with Crippen LogP contribution in [0.3, 0.4) is 0 Å². The Balaban J connectivity index is 1.56. The molecule has 1 amide bonds. The van der Waals surface area contributed by atoms with Gasteiger partial charge in [-0.05, 0) is 37.8 Å². The molecule has 1 unspecified atom stereocenters. The molecule has 2 aromatic rings. The number of aromatic nitrogens is 2. The van der Waals surface area contributed by atoms with Crippen LogP contribution in [0.4, 0.5) is 0 Å². The van der Waals surface area contributed by atoms with Crippen molar-refractivity contribution in [3.63, 3.8) is 0 Å². The van der Waals surface area contributed by atoms with Crippen LogP contribution in [0.15, 0.2) is 46.5 Å². The van der Waals surface area contributed by atoms with Crippen LogP contribution in [0.2, 0.25) is 0 Å². The van der Waals surface area contributed by atoms with Gasteiger partial charge in [0.15, 0.2) is 5.82 Å². The van der Waals surface area contributed by atoms with E-state index < -0.39 is 0 Å². The Bertz CT molecular complexity index is 780. The molecular weight excluding hydrogens is 318 g/mol. The van der Waals surface area contributed by atoms with Crippen molar-refractivity contribution in [1.82, 2.24) is 15.0 Å². The van der Waals surface area contributed by atoms with Crippen molar-refractivity contribution in [3.05, 3.63) is 47.8 Å². The molecule has 6 nitrogen and oxygen atoms in total. The van der Waals surface area contributed by atoms with E-state index in [2.05, 4.69) is 10.1 Å². The van der Waals surface area contributed by atoms with Crippen molar-refractivity contribution in [2.75, 3.05) is 19.8 Å². The van der Waals surface area contributed by atoms with E-state index in [0.29, 0.717) is 37.4 Å². The first-order valence-corrected chi connectivity index (χ1v) is 8.68. The molecule has 0 radical (unpaired) electrons. The van der Waals surface area contributed by atoms with Gasteiger partial charge in [-0.2, -0.15) is 4.98 Å². The lowest BCUT2D eigenvalue weighted by atomic mass is 10.1. The molecule has 1 saturated heterocycles. The quantitative estimate of drug-likeness (QED) is 0.801. The van der Waals surface area contributed by atoms with Gasteiger partial charge in [0.2, 0.25) is 5.91 Å². The molecular formula is C19H21N3O3. The molecule has 130 valence electrons. The molecule has 1 saturated carbocycles. The zero-order valence-electron chi connectivity index (χ0n) is 14.2. The molecule has 2 aliphatic rings. The van der Waals surface area contributed by atoms with Crippen LogP contribution in [0.5, 0.6) is 0 Å². The number of hydrogen-bond acceptors (Lipinski definition) is 5. The number of carbonyl (C=O) groups excluding carboxylic acids is 1. The predicted molar refractivity (Wildman–Crippen MR) is 91.5 cm³/mol. The molecule has 2 heterocycles. The van der Waals surface area contributed by atoms with E-state index >= 15 is 0 Å². The topological polar surface area (TPSA) is 68.5 Å². The number of hydrogen-bond donors (Lipinski definition) is 0. The first kappa shape index (κ1) is 16.0. The summed E-state index contributed by atoms with van der Waals surface area (Å²) in [6.45, 7) is 3.48. The summed E-state index contributed by atoms with van der Waals surface area (Å²) in [7, 11) is 0. The maximum Gasteiger partial charge on any atom is 0.257 e. The molecule has 4 rings (SSSR count). The molecule has 1 aliphatic carbocycles. The zero-order valence-corrected chi connectivity index (χ0v) is 14.2. The minimum atomic E-state index is -0.314. The molecule has 1 aromatic carbocycles. The van der Waals surface area contributed by atoms with Crippen molar-refractivity contribution in [1.29, 1.82) is 0 Å². The normalized spacial score (nSPS) is 21.4. The molecule has 25 heavy (non-hydrogen) atoms. The lowest BCUT2D eigenvalue weighted by Gasteiger charge is -2.33. The van der Waals surface area contributed by atoms with Gasteiger partial charge in [0, 0.05) is 18.2 Å². The summed E-state index contributed by atoms with van der Waals surface area (Å²) in [5.41, 5.74) is 2.02. The molecule has 0 N–H and O–H groups in total. The SMILES string of the molecule is CC(=CC(=O)N1CCOCC1c1noc(-c2ccccc2)n1)C1CC1. The lowest BCUT2D eigenvalue weighted by molar-refractivity contribution is -0.135. The van der Waals surface area contributed by atoms with Crippen LogP contribution in [-0.2, 0) is 9.53 Å². The predicted octanol–water partition coefficient (Wildman–Crippen LogP) is 2.99. The highest BCUT2D eigenvalue weighted by Gasteiger charge is 2.32. The van der Waals surface area contributed by atoms with Gasteiger partial charge in [0.25, 0.3) is 5.89 Å². The summed E-state index contributed by atoms with van der Waals surface area (Å²) in [5, 5.41) is 4.09. The second-order valence-electron chi connectivity index (χ2n) is 6.61. The molecule has 1 aromatic heterocycles. The van der Waals surface area contributed by atoms with Crippen molar-refractivity contribution >= 4 is 5.91 Å². The number of nitrogens with zero attached hydrogens (tertiary/aromatic N) is 3. The van der Waals surface area contributed by atoms with Crippen LogP contribution >= 0.6 is 0 Å². The highest BCUT2D eigenvalue weighted by Crippen LogP contribution is 2.36. The van der Waals surface area contributed by atoms with Crippen molar-refractivity contribution in [2.24, 2.45) is 5.92 Å². The van der Waals surface area contributed by atoms with Crippen LogP contribution in [-0.4, -0.2) is 40.7 Å². The minimum Gasteiger partial charge on any atom is -0.377 e. The first-order valence-electron chi connectivity index (χ1n) is 8.68. The van der Waals surface area contributed by atoms with Gasteiger partial charge in [-0.25, -0.2) is 0 Å². The monoisotopic (exact) mass is 339 g/mol. The maximum absolute atomic E-state index is 12.7. The Morgan fingerprint density at radius 2 is 2.08 bits per heavy atom. The van der Waals surface area contributed by atoms with Crippen LogP contribution in [0.25, 0.3) is 11.5 Å². The number of amides is 1. The largest absolute Gasteiger partial charge is 0.377 e. The molecule has 0 spiro atoms. The van der Waals surface area contributed by atoms with Gasteiger partial charge in [-0.15, -0.1) is 0 Å². The third kappa shape index (κ3) is 3.49. The van der Waals surface area contributed by atoms with Gasteiger partial charge >= 0.3 is 0 Å². The average Bonchev–Trinajstić information content (AvgIpc) is 3.39. The maximum atomic E-state index is 12.7. The van der Waals surface area contributed by atoms with E-state index in [1.807, 2.05) is 37.3 Å². The van der Waals surface area contributed by atoms with E-state index in [0.717, 1.165) is 11.1 Å². The average molecular weight is 339 g/mol. The van der Waals surface area contributed by atoms with Crippen LogP contribution in [0.1, 0.15) is 31.6 Å². The molecule has 6 heteroatoms. The Labute approximate surface area is 146 Å². The second kappa shape index (κ2) is 6.80. The molecule has 1 atom stereocenters. The number of benzene rings is 1. The third-order valence-electron chi connectivity index (χ3n) is 4.74. The molecule has 2 fully saturated rings. The highest BCUT2D eigenvalue weighted by atomic mass is 16.5. The fourth-order valence-corrected chi connectivity index (χ4v) is 3.08. The smallest absolute Gasteiger partial charge is 0.257 e. The molecule has 1 aliphatic heterocycles. The summed E-state index contributed by atoms with van der Waals surface area (Å²) < 4.78 is 11.0. The number of carbonyl (C=O) groups is 1. The zero-order chi connectivity index (χ0) is 17.2. The summed E-state index contributed by atoms with van der Waals surface area (Å²) in [5.74, 6) is 1.53. The van der Waals surface area contributed by atoms with Gasteiger partial charge in [-0.3, -0.25) is 4.79 Å². The van der Waals surface area contributed by atoms with Gasteiger partial charge in [-0.1, -0.05) is 28.9 Å². The number of ether oxygens (including phenoxy) is 1. The first-order chi connectivity index (χ1) is 12.2. The Hall–Kier alpha value is -2.47. The Kier molecular flexibility index (Phi) is 4.36. The molecule has 0 bridgehead atoms. The van der Waals surface area contributed by atoms with E-state index in [1.54, 1.807) is 11.0 Å². The number of rotatable bonds is 4. The third-order valence-corrected chi connectivity index (χ3v) is 4.74. The van der Waals surface area contributed by atoms with E-state index in [9.17, 15) is 4.79 Å². The second-order valence-corrected chi connectivity index (χ2v) is 6.61. The minimum absolute atomic E-state index is 0.00348. The summed E-state index contributed by atoms with van der Waals surface area (Å²) in [6, 6.07) is 9.29. The fraction of sp³-hybridized carbons (Fsp3) is 0.421. The Morgan fingerprint density at radius 1 is 1.28 bits per heavy atom. The van der Waals surface area contributed by atoms with Gasteiger partial charge < -0.3 is 14.2 Å². The van der Waals surface area contributed by atoms with Crippen molar-refractivity contribution in [2.45, 2.75) is 25.8 Å². The van der Waals surface area contributed by atoms with Crippen molar-refractivity contribution in [3.8, 4) is 11.5 Å².